The van der Waals surface area contributed by atoms with Gasteiger partial charge in [-0.05, 0) is 12.1 Å². The van der Waals surface area contributed by atoms with Crippen LogP contribution >= 0.6 is 0 Å². The lowest BCUT2D eigenvalue weighted by molar-refractivity contribution is 0.616. The van der Waals surface area contributed by atoms with Crippen molar-refractivity contribution in [1.82, 2.24) is 0 Å². The van der Waals surface area contributed by atoms with Crippen LogP contribution in [0.4, 0.5) is 0 Å². The summed E-state index contributed by atoms with van der Waals surface area (Å²) >= 11 is 0. The molecule has 0 saturated heterocycles. The molecule has 1 aromatic heterocycles. The molecule has 9 heavy (non-hydrogen) atoms. The van der Waals surface area contributed by atoms with E-state index in [-0.39, 0.29) is 6.04 Å². The first-order valence-electron chi connectivity index (χ1n) is 3.72. The van der Waals surface area contributed by atoms with Crippen molar-refractivity contribution in [3.8, 4) is 0 Å². The highest BCUT2D eigenvalue weighted by atomic mass is 16.3. The van der Waals surface area contributed by atoms with Gasteiger partial charge < -0.3 is 4.42 Å². The van der Waals surface area contributed by atoms with Crippen molar-refractivity contribution in [1.29, 1.82) is 0 Å². The molecule has 0 fully saturated rings. The molecule has 0 radical (unpaired) electrons. The van der Waals surface area contributed by atoms with E-state index in [4.69, 9.17) is 7.16 Å². The van der Waals surface area contributed by atoms with Crippen LogP contribution in [0.5, 0.6) is 0 Å². The SMILES string of the molecule is [2H]c1cccc2occ([2H])c12. The minimum Gasteiger partial charge on any atom is -0.464 e. The molecule has 0 N–H and O–H groups in total. The molecule has 0 aliphatic carbocycles. The fourth-order valence-electron chi connectivity index (χ4n) is 0.784. The summed E-state index contributed by atoms with van der Waals surface area (Å²) in [6, 6.07) is 5.78. The van der Waals surface area contributed by atoms with Gasteiger partial charge in [0.05, 0.1) is 9.00 Å². The molecule has 0 atom stereocenters. The lowest BCUT2D eigenvalue weighted by Crippen LogP contribution is -1.57. The minimum atomic E-state index is 0.283. The third-order valence-corrected chi connectivity index (χ3v) is 1.21. The first-order valence-corrected chi connectivity index (χ1v) is 2.72. The van der Waals surface area contributed by atoms with Crippen molar-refractivity contribution in [2.75, 3.05) is 0 Å². The fourth-order valence-corrected chi connectivity index (χ4v) is 0.784. The van der Waals surface area contributed by atoms with E-state index in [1.165, 1.54) is 6.26 Å². The fraction of sp³-hybridized carbons (Fsp3) is 0. The van der Waals surface area contributed by atoms with Crippen LogP contribution in [0.1, 0.15) is 2.74 Å². The number of rotatable bonds is 0. The van der Waals surface area contributed by atoms with Crippen molar-refractivity contribution in [2.24, 2.45) is 0 Å². The van der Waals surface area contributed by atoms with Gasteiger partial charge in [-0.15, -0.1) is 0 Å². The second kappa shape index (κ2) is 1.62. The van der Waals surface area contributed by atoms with Gasteiger partial charge in [0, 0.05) is 5.39 Å². The predicted octanol–water partition coefficient (Wildman–Crippen LogP) is 2.43. The standard InChI is InChI=1S/C8H6O/c1-2-4-8-7(3-1)5-6-9-8/h1-6H/i3D,5D. The monoisotopic (exact) mass is 120 g/mol. The number of hydrogen-bond donors (Lipinski definition) is 0. The first kappa shape index (κ1) is 3.06. The molecule has 0 aliphatic heterocycles. The summed E-state index contributed by atoms with van der Waals surface area (Å²) in [6.07, 6.45) is 1.35. The smallest absolute Gasteiger partial charge is 0.133 e. The maximum absolute atomic E-state index is 7.44. The van der Waals surface area contributed by atoms with Crippen LogP contribution < -0.4 is 0 Å². The minimum absolute atomic E-state index is 0.283. The van der Waals surface area contributed by atoms with E-state index < -0.39 is 0 Å². The van der Waals surface area contributed by atoms with Crippen LogP contribution in [0, 0.1) is 0 Å². The summed E-state index contributed by atoms with van der Waals surface area (Å²) in [4.78, 5) is 0. The van der Waals surface area contributed by atoms with Gasteiger partial charge in [0.25, 0.3) is 0 Å². The Morgan fingerprint density at radius 2 is 2.33 bits per heavy atom. The van der Waals surface area contributed by atoms with Gasteiger partial charge in [-0.3, -0.25) is 0 Å². The van der Waals surface area contributed by atoms with E-state index in [2.05, 4.69) is 0 Å². The van der Waals surface area contributed by atoms with Gasteiger partial charge in [-0.25, -0.2) is 0 Å². The van der Waals surface area contributed by atoms with Crippen LogP contribution in [-0.2, 0) is 0 Å². The zero-order valence-electron chi connectivity index (χ0n) is 6.72. The number of fused-ring (bicyclic) bond motifs is 1. The molecular formula is C8H6O. The average molecular weight is 120 g/mol. The molecule has 0 spiro atoms. The highest BCUT2D eigenvalue weighted by molar-refractivity contribution is 5.76. The number of benzene rings is 1. The van der Waals surface area contributed by atoms with Gasteiger partial charge in [0.2, 0.25) is 0 Å². The Bertz CT molecular complexity index is 392. The van der Waals surface area contributed by atoms with Crippen molar-refractivity contribution in [3.05, 3.63) is 36.5 Å². The highest BCUT2D eigenvalue weighted by Crippen LogP contribution is 2.12. The first-order chi connectivity index (χ1) is 5.29. The molecule has 1 nitrogen and oxygen atoms in total. The summed E-state index contributed by atoms with van der Waals surface area (Å²) in [5.74, 6) is 0. The summed E-state index contributed by atoms with van der Waals surface area (Å²) in [7, 11) is 0. The molecule has 1 heteroatoms. The molecule has 0 saturated carbocycles. The maximum Gasteiger partial charge on any atom is 0.133 e. The Hall–Kier alpha value is -1.24. The van der Waals surface area contributed by atoms with Crippen LogP contribution in [-0.4, -0.2) is 0 Å². The summed E-state index contributed by atoms with van der Waals surface area (Å²) < 4.78 is 19.8. The molecule has 2 aromatic rings. The van der Waals surface area contributed by atoms with Crippen LogP contribution in [0.2, 0.25) is 0 Å². The summed E-state index contributed by atoms with van der Waals surface area (Å²) in [6.45, 7) is 0. The van der Waals surface area contributed by atoms with Gasteiger partial charge in [-0.1, -0.05) is 18.2 Å². The van der Waals surface area contributed by atoms with Gasteiger partial charge in [0.15, 0.2) is 0 Å². The molecular weight excluding hydrogens is 112 g/mol. The van der Waals surface area contributed by atoms with E-state index in [1.54, 1.807) is 18.2 Å². The third kappa shape index (κ3) is 0.617. The van der Waals surface area contributed by atoms with Crippen molar-refractivity contribution in [2.45, 2.75) is 0 Å². The maximum atomic E-state index is 7.44. The van der Waals surface area contributed by atoms with Crippen LogP contribution in [0.25, 0.3) is 11.0 Å². The molecule has 1 heterocycles. The molecule has 1 aromatic carbocycles. The molecule has 2 rings (SSSR count). The van der Waals surface area contributed by atoms with Crippen molar-refractivity contribution in [3.63, 3.8) is 0 Å². The Morgan fingerprint density at radius 3 is 3.22 bits per heavy atom. The van der Waals surface area contributed by atoms with E-state index >= 15 is 0 Å². The lowest BCUT2D eigenvalue weighted by Gasteiger charge is -1.81. The van der Waals surface area contributed by atoms with Gasteiger partial charge >= 0.3 is 0 Å². The molecule has 0 bridgehead atoms. The second-order valence-electron chi connectivity index (χ2n) is 1.79. The summed E-state index contributed by atoms with van der Waals surface area (Å²) in [5, 5.41) is 0.590. The van der Waals surface area contributed by atoms with E-state index in [0.717, 1.165) is 0 Å². The van der Waals surface area contributed by atoms with Crippen molar-refractivity contribution >= 4 is 11.0 Å². The zero-order chi connectivity index (χ0) is 7.84. The van der Waals surface area contributed by atoms with E-state index in [1.807, 2.05) is 0 Å². The number of hydrogen-bond acceptors (Lipinski definition) is 1. The normalized spacial score (nSPS) is 13.3. The Labute approximate surface area is 55.7 Å². The molecule has 0 unspecified atom stereocenters. The van der Waals surface area contributed by atoms with E-state index in [9.17, 15) is 0 Å². The topological polar surface area (TPSA) is 13.1 Å². The Morgan fingerprint density at radius 1 is 1.33 bits per heavy atom. The largest absolute Gasteiger partial charge is 0.464 e. The van der Waals surface area contributed by atoms with Gasteiger partial charge in [0.1, 0.15) is 5.58 Å². The average Bonchev–Trinajstić information content (AvgIpc) is 2.34. The molecule has 44 valence electrons. The zero-order valence-corrected chi connectivity index (χ0v) is 4.72. The Balaban J connectivity index is 2.96. The van der Waals surface area contributed by atoms with Crippen LogP contribution in [0.3, 0.4) is 0 Å². The van der Waals surface area contributed by atoms with E-state index in [0.29, 0.717) is 17.0 Å². The lowest BCUT2D eigenvalue weighted by atomic mass is 10.3. The second-order valence-corrected chi connectivity index (χ2v) is 1.79. The third-order valence-electron chi connectivity index (χ3n) is 1.21. The summed E-state index contributed by atoms with van der Waals surface area (Å²) in [5.41, 5.74) is 0.613. The number of para-hydroxylation sites is 1. The van der Waals surface area contributed by atoms with Crippen molar-refractivity contribution < 1.29 is 7.16 Å². The predicted molar refractivity (Wildman–Crippen MR) is 36.2 cm³/mol. The molecule has 0 amide bonds. The number of furan rings is 1. The van der Waals surface area contributed by atoms with Gasteiger partial charge in [-0.2, -0.15) is 0 Å². The quantitative estimate of drug-likeness (QED) is 0.520. The Kier molecular flexibility index (Phi) is 0.552. The van der Waals surface area contributed by atoms with Crippen LogP contribution in [0.15, 0.2) is 41.0 Å². The highest BCUT2D eigenvalue weighted by Gasteiger charge is 1.89. The molecule has 0 aliphatic rings.